The van der Waals surface area contributed by atoms with Gasteiger partial charge in [-0.3, -0.25) is 4.68 Å². The third-order valence-electron chi connectivity index (χ3n) is 3.85. The second-order valence-electron chi connectivity index (χ2n) is 5.27. The van der Waals surface area contributed by atoms with Crippen molar-refractivity contribution in [2.75, 3.05) is 0 Å². The van der Waals surface area contributed by atoms with Crippen molar-refractivity contribution < 1.29 is 0 Å². The van der Waals surface area contributed by atoms with Crippen molar-refractivity contribution >= 4 is 0 Å². The molecule has 18 heavy (non-hydrogen) atoms. The predicted molar refractivity (Wildman–Crippen MR) is 74.5 cm³/mol. The van der Waals surface area contributed by atoms with Crippen LogP contribution in [0.15, 0.2) is 36.4 Å². The van der Waals surface area contributed by atoms with Crippen LogP contribution in [-0.2, 0) is 0 Å². The zero-order valence-corrected chi connectivity index (χ0v) is 11.0. The maximum Gasteiger partial charge on any atom is 0.0688 e. The van der Waals surface area contributed by atoms with Crippen LogP contribution in [0.5, 0.6) is 0 Å². The van der Waals surface area contributed by atoms with Gasteiger partial charge in [0.2, 0.25) is 0 Å². The molecule has 0 amide bonds. The lowest BCUT2D eigenvalue weighted by Crippen LogP contribution is -2.15. The summed E-state index contributed by atoms with van der Waals surface area (Å²) in [6.07, 6.45) is 6.63. The van der Waals surface area contributed by atoms with Crippen LogP contribution in [0.1, 0.15) is 43.8 Å². The van der Waals surface area contributed by atoms with Crippen molar-refractivity contribution in [1.29, 1.82) is 0 Å². The van der Waals surface area contributed by atoms with E-state index in [1.165, 1.54) is 43.4 Å². The fourth-order valence-electron chi connectivity index (χ4n) is 2.95. The third-order valence-corrected chi connectivity index (χ3v) is 3.85. The van der Waals surface area contributed by atoms with Crippen LogP contribution in [-0.4, -0.2) is 9.78 Å². The first-order valence-corrected chi connectivity index (χ1v) is 6.96. The van der Waals surface area contributed by atoms with Crippen LogP contribution in [0.3, 0.4) is 0 Å². The SMILES string of the molecule is Cc1cc(-c2ccccc2)n(C2CCCCC2)n1. The number of aryl methyl sites for hydroxylation is 1. The van der Waals surface area contributed by atoms with Gasteiger partial charge in [-0.1, -0.05) is 49.6 Å². The van der Waals surface area contributed by atoms with E-state index in [1.54, 1.807) is 0 Å². The largest absolute Gasteiger partial charge is 0.262 e. The number of hydrogen-bond acceptors (Lipinski definition) is 1. The average molecular weight is 240 g/mol. The Kier molecular flexibility index (Phi) is 3.18. The maximum absolute atomic E-state index is 4.73. The molecule has 2 heteroatoms. The molecule has 0 atom stereocenters. The van der Waals surface area contributed by atoms with Gasteiger partial charge in [-0.2, -0.15) is 5.10 Å². The van der Waals surface area contributed by atoms with Gasteiger partial charge < -0.3 is 0 Å². The molecule has 0 saturated heterocycles. The van der Waals surface area contributed by atoms with Crippen LogP contribution >= 0.6 is 0 Å². The van der Waals surface area contributed by atoms with E-state index in [9.17, 15) is 0 Å². The molecular formula is C16H20N2. The zero-order valence-electron chi connectivity index (χ0n) is 11.0. The summed E-state index contributed by atoms with van der Waals surface area (Å²) in [6, 6.07) is 13.4. The van der Waals surface area contributed by atoms with Crippen molar-refractivity contribution in [3.63, 3.8) is 0 Å². The molecule has 0 radical (unpaired) electrons. The molecule has 0 aliphatic heterocycles. The van der Waals surface area contributed by atoms with E-state index < -0.39 is 0 Å². The molecule has 1 aromatic heterocycles. The van der Waals surface area contributed by atoms with E-state index in [0.29, 0.717) is 6.04 Å². The maximum atomic E-state index is 4.73. The van der Waals surface area contributed by atoms with Crippen molar-refractivity contribution in [2.45, 2.75) is 45.1 Å². The Labute approximate surface area is 109 Å². The molecule has 1 aliphatic carbocycles. The molecular weight excluding hydrogens is 220 g/mol. The molecule has 94 valence electrons. The summed E-state index contributed by atoms with van der Waals surface area (Å²) < 4.78 is 2.27. The number of nitrogens with zero attached hydrogens (tertiary/aromatic N) is 2. The summed E-state index contributed by atoms with van der Waals surface area (Å²) in [5, 5.41) is 4.73. The van der Waals surface area contributed by atoms with Gasteiger partial charge >= 0.3 is 0 Å². The molecule has 0 N–H and O–H groups in total. The fraction of sp³-hybridized carbons (Fsp3) is 0.438. The first kappa shape index (κ1) is 11.5. The Hall–Kier alpha value is -1.57. The van der Waals surface area contributed by atoms with Crippen molar-refractivity contribution in [3.8, 4) is 11.3 Å². The molecule has 1 aliphatic rings. The molecule has 1 aromatic carbocycles. The molecule has 1 heterocycles. The molecule has 0 spiro atoms. The van der Waals surface area contributed by atoms with E-state index >= 15 is 0 Å². The normalized spacial score (nSPS) is 16.9. The Morgan fingerprint density at radius 2 is 1.78 bits per heavy atom. The first-order valence-electron chi connectivity index (χ1n) is 6.96. The lowest BCUT2D eigenvalue weighted by Gasteiger charge is -2.24. The Balaban J connectivity index is 1.99. The summed E-state index contributed by atoms with van der Waals surface area (Å²) in [5.74, 6) is 0. The molecule has 0 bridgehead atoms. The highest BCUT2D eigenvalue weighted by Gasteiger charge is 2.19. The quantitative estimate of drug-likeness (QED) is 0.762. The number of rotatable bonds is 2. The lowest BCUT2D eigenvalue weighted by molar-refractivity contribution is 0.331. The van der Waals surface area contributed by atoms with Crippen LogP contribution in [0.2, 0.25) is 0 Å². The number of benzene rings is 1. The second kappa shape index (κ2) is 4.97. The summed E-state index contributed by atoms with van der Waals surface area (Å²) >= 11 is 0. The Morgan fingerprint density at radius 3 is 2.50 bits per heavy atom. The summed E-state index contributed by atoms with van der Waals surface area (Å²) in [5.41, 5.74) is 3.68. The van der Waals surface area contributed by atoms with E-state index in [2.05, 4.69) is 48.0 Å². The molecule has 1 fully saturated rings. The minimum Gasteiger partial charge on any atom is -0.262 e. The van der Waals surface area contributed by atoms with Crippen molar-refractivity contribution in [2.24, 2.45) is 0 Å². The lowest BCUT2D eigenvalue weighted by atomic mass is 9.95. The van der Waals surface area contributed by atoms with E-state index in [1.807, 2.05) is 0 Å². The number of aromatic nitrogens is 2. The minimum atomic E-state index is 0.600. The summed E-state index contributed by atoms with van der Waals surface area (Å²) in [6.45, 7) is 2.09. The first-order chi connectivity index (χ1) is 8.84. The highest BCUT2D eigenvalue weighted by atomic mass is 15.3. The Morgan fingerprint density at radius 1 is 1.06 bits per heavy atom. The molecule has 1 saturated carbocycles. The molecule has 3 rings (SSSR count). The molecule has 2 nitrogen and oxygen atoms in total. The molecule has 2 aromatic rings. The monoisotopic (exact) mass is 240 g/mol. The van der Waals surface area contributed by atoms with Gasteiger partial charge in [0, 0.05) is 0 Å². The fourth-order valence-corrected chi connectivity index (χ4v) is 2.95. The van der Waals surface area contributed by atoms with Gasteiger partial charge in [-0.15, -0.1) is 0 Å². The predicted octanol–water partition coefficient (Wildman–Crippen LogP) is 4.36. The summed E-state index contributed by atoms with van der Waals surface area (Å²) in [4.78, 5) is 0. The summed E-state index contributed by atoms with van der Waals surface area (Å²) in [7, 11) is 0. The topological polar surface area (TPSA) is 17.8 Å². The van der Waals surface area contributed by atoms with Crippen LogP contribution in [0.25, 0.3) is 11.3 Å². The standard InChI is InChI=1S/C16H20N2/c1-13-12-16(14-8-4-2-5-9-14)18(17-13)15-10-6-3-7-11-15/h2,4-5,8-9,12,15H,3,6-7,10-11H2,1H3. The smallest absolute Gasteiger partial charge is 0.0688 e. The van der Waals surface area contributed by atoms with E-state index in [4.69, 9.17) is 5.10 Å². The zero-order chi connectivity index (χ0) is 12.4. The van der Waals surface area contributed by atoms with Gasteiger partial charge in [0.15, 0.2) is 0 Å². The number of hydrogen-bond donors (Lipinski definition) is 0. The highest BCUT2D eigenvalue weighted by Crippen LogP contribution is 2.32. The van der Waals surface area contributed by atoms with Gasteiger partial charge in [-0.05, 0) is 31.4 Å². The minimum absolute atomic E-state index is 0.600. The van der Waals surface area contributed by atoms with Crippen LogP contribution in [0.4, 0.5) is 0 Å². The van der Waals surface area contributed by atoms with Crippen molar-refractivity contribution in [3.05, 3.63) is 42.1 Å². The average Bonchev–Trinajstić information content (AvgIpc) is 2.83. The van der Waals surface area contributed by atoms with Crippen molar-refractivity contribution in [1.82, 2.24) is 9.78 Å². The Bertz CT molecular complexity index is 507. The van der Waals surface area contributed by atoms with Crippen LogP contribution < -0.4 is 0 Å². The van der Waals surface area contributed by atoms with Gasteiger partial charge in [0.05, 0.1) is 17.4 Å². The van der Waals surface area contributed by atoms with Gasteiger partial charge in [0.1, 0.15) is 0 Å². The van der Waals surface area contributed by atoms with Crippen LogP contribution in [0, 0.1) is 6.92 Å². The van der Waals surface area contributed by atoms with E-state index in [0.717, 1.165) is 5.69 Å². The highest BCUT2D eigenvalue weighted by molar-refractivity contribution is 5.59. The second-order valence-corrected chi connectivity index (χ2v) is 5.27. The van der Waals surface area contributed by atoms with Gasteiger partial charge in [0.25, 0.3) is 0 Å². The van der Waals surface area contributed by atoms with Gasteiger partial charge in [-0.25, -0.2) is 0 Å². The molecule has 0 unspecified atom stereocenters. The van der Waals surface area contributed by atoms with E-state index in [-0.39, 0.29) is 0 Å². The third kappa shape index (κ3) is 2.20.